The first-order valence-electron chi connectivity index (χ1n) is 6.96. The van der Waals surface area contributed by atoms with Crippen molar-refractivity contribution in [2.24, 2.45) is 0 Å². The van der Waals surface area contributed by atoms with Gasteiger partial charge in [-0.3, -0.25) is 4.79 Å². The second-order valence-corrected chi connectivity index (χ2v) is 4.98. The first-order valence-corrected chi connectivity index (χ1v) is 6.96. The lowest BCUT2D eigenvalue weighted by atomic mass is 10.1. The molecule has 4 nitrogen and oxygen atoms in total. The number of carbonyl (C=O) groups is 1. The lowest BCUT2D eigenvalue weighted by molar-refractivity contribution is 0.0601. The second kappa shape index (κ2) is 6.57. The van der Waals surface area contributed by atoms with E-state index in [1.807, 2.05) is 36.2 Å². The fourth-order valence-electron chi connectivity index (χ4n) is 2.68. The Morgan fingerprint density at radius 3 is 2.89 bits per heavy atom. The molecular formula is C15H22N2O2. The third-order valence-corrected chi connectivity index (χ3v) is 3.78. The molecular weight excluding hydrogens is 240 g/mol. The molecule has 1 aromatic rings. The Balaban J connectivity index is 2.25. The highest BCUT2D eigenvalue weighted by atomic mass is 16.3. The Kier molecular flexibility index (Phi) is 4.80. The number of amides is 1. The number of hydrogen-bond donors (Lipinski definition) is 2. The maximum Gasteiger partial charge on any atom is 0.256 e. The van der Waals surface area contributed by atoms with E-state index in [9.17, 15) is 9.90 Å². The maximum atomic E-state index is 12.7. The standard InChI is InChI=1S/C15H22N2O2/c1-16-14-9-5-4-8-13(14)15(19)17-10-6-2-3-7-12(17)11-18/h4-5,8-9,12,16,18H,2-3,6-7,10-11H2,1H3. The van der Waals surface area contributed by atoms with Crippen LogP contribution in [0, 0.1) is 0 Å². The van der Waals surface area contributed by atoms with Crippen LogP contribution < -0.4 is 5.32 Å². The second-order valence-electron chi connectivity index (χ2n) is 4.98. The lowest BCUT2D eigenvalue weighted by Crippen LogP contribution is -2.42. The molecule has 19 heavy (non-hydrogen) atoms. The SMILES string of the molecule is CNc1ccccc1C(=O)N1CCCCCC1CO. The Bertz CT molecular complexity index is 434. The van der Waals surface area contributed by atoms with Crippen LogP contribution in [-0.4, -0.2) is 42.2 Å². The number of para-hydroxylation sites is 1. The van der Waals surface area contributed by atoms with Gasteiger partial charge in [-0.05, 0) is 25.0 Å². The van der Waals surface area contributed by atoms with Gasteiger partial charge in [0.2, 0.25) is 0 Å². The molecule has 1 aliphatic rings. The molecule has 0 radical (unpaired) electrons. The summed E-state index contributed by atoms with van der Waals surface area (Å²) in [5.74, 6) is 0.0194. The number of aliphatic hydroxyl groups excluding tert-OH is 1. The normalized spacial score (nSPS) is 19.9. The highest BCUT2D eigenvalue weighted by Crippen LogP contribution is 2.22. The van der Waals surface area contributed by atoms with E-state index >= 15 is 0 Å². The number of benzene rings is 1. The summed E-state index contributed by atoms with van der Waals surface area (Å²) in [6.45, 7) is 0.787. The third kappa shape index (κ3) is 3.07. The van der Waals surface area contributed by atoms with Crippen molar-refractivity contribution < 1.29 is 9.90 Å². The van der Waals surface area contributed by atoms with Gasteiger partial charge in [0.25, 0.3) is 5.91 Å². The van der Waals surface area contributed by atoms with Gasteiger partial charge >= 0.3 is 0 Å². The molecule has 1 atom stereocenters. The van der Waals surface area contributed by atoms with Gasteiger partial charge in [0.1, 0.15) is 0 Å². The Morgan fingerprint density at radius 1 is 1.37 bits per heavy atom. The van der Waals surface area contributed by atoms with Crippen LogP contribution in [0.25, 0.3) is 0 Å². The van der Waals surface area contributed by atoms with Crippen molar-refractivity contribution in [2.75, 3.05) is 25.5 Å². The molecule has 1 heterocycles. The van der Waals surface area contributed by atoms with Gasteiger partial charge in [0, 0.05) is 19.3 Å². The minimum Gasteiger partial charge on any atom is -0.394 e. The molecule has 1 fully saturated rings. The van der Waals surface area contributed by atoms with Gasteiger partial charge in [-0.15, -0.1) is 0 Å². The molecule has 1 amide bonds. The van der Waals surface area contributed by atoms with Crippen molar-refractivity contribution in [3.63, 3.8) is 0 Å². The Hall–Kier alpha value is -1.55. The number of hydrogen-bond acceptors (Lipinski definition) is 3. The van der Waals surface area contributed by atoms with Crippen molar-refractivity contribution in [2.45, 2.75) is 31.7 Å². The maximum absolute atomic E-state index is 12.7. The Morgan fingerprint density at radius 2 is 2.16 bits per heavy atom. The van der Waals surface area contributed by atoms with Crippen LogP contribution in [-0.2, 0) is 0 Å². The van der Waals surface area contributed by atoms with Crippen LogP contribution in [0.5, 0.6) is 0 Å². The van der Waals surface area contributed by atoms with Gasteiger partial charge in [0.15, 0.2) is 0 Å². The van der Waals surface area contributed by atoms with E-state index in [-0.39, 0.29) is 18.6 Å². The molecule has 2 N–H and O–H groups in total. The number of nitrogens with zero attached hydrogens (tertiary/aromatic N) is 1. The predicted octanol–water partition coefficient (Wildman–Crippen LogP) is 2.11. The number of nitrogens with one attached hydrogen (secondary N) is 1. The monoisotopic (exact) mass is 262 g/mol. The average Bonchev–Trinajstić information content (AvgIpc) is 2.71. The minimum absolute atomic E-state index is 0.0194. The molecule has 0 saturated carbocycles. The zero-order valence-corrected chi connectivity index (χ0v) is 11.4. The van der Waals surface area contributed by atoms with Crippen molar-refractivity contribution in [1.29, 1.82) is 0 Å². The van der Waals surface area contributed by atoms with Crippen molar-refractivity contribution in [3.05, 3.63) is 29.8 Å². The van der Waals surface area contributed by atoms with Crippen LogP contribution in [0.4, 0.5) is 5.69 Å². The number of rotatable bonds is 3. The molecule has 4 heteroatoms. The van der Waals surface area contributed by atoms with Gasteiger partial charge in [-0.25, -0.2) is 0 Å². The first kappa shape index (κ1) is 13.9. The van der Waals surface area contributed by atoms with E-state index in [0.29, 0.717) is 5.56 Å². The minimum atomic E-state index is -0.0417. The summed E-state index contributed by atoms with van der Waals surface area (Å²) in [5, 5.41) is 12.6. The molecule has 104 valence electrons. The van der Waals surface area contributed by atoms with Crippen LogP contribution in [0.2, 0.25) is 0 Å². The van der Waals surface area contributed by atoms with Gasteiger partial charge in [-0.1, -0.05) is 25.0 Å². The zero-order chi connectivity index (χ0) is 13.7. The fourth-order valence-corrected chi connectivity index (χ4v) is 2.68. The van der Waals surface area contributed by atoms with Crippen LogP contribution in [0.15, 0.2) is 24.3 Å². The van der Waals surface area contributed by atoms with Crippen molar-refractivity contribution >= 4 is 11.6 Å². The highest BCUT2D eigenvalue weighted by molar-refractivity contribution is 5.99. The smallest absolute Gasteiger partial charge is 0.256 e. The van der Waals surface area contributed by atoms with E-state index in [0.717, 1.165) is 37.9 Å². The molecule has 0 aromatic heterocycles. The number of anilines is 1. The van der Waals surface area contributed by atoms with Crippen LogP contribution >= 0.6 is 0 Å². The fraction of sp³-hybridized carbons (Fsp3) is 0.533. The summed E-state index contributed by atoms with van der Waals surface area (Å²) in [5.41, 5.74) is 1.53. The number of likely N-dealkylation sites (tertiary alicyclic amines) is 1. The topological polar surface area (TPSA) is 52.6 Å². The molecule has 1 aliphatic heterocycles. The molecule has 1 saturated heterocycles. The van der Waals surface area contributed by atoms with E-state index in [4.69, 9.17) is 0 Å². The molecule has 0 spiro atoms. The summed E-state index contributed by atoms with van der Waals surface area (Å²) >= 11 is 0. The van der Waals surface area contributed by atoms with E-state index in [2.05, 4.69) is 5.32 Å². The third-order valence-electron chi connectivity index (χ3n) is 3.78. The first-order chi connectivity index (χ1) is 9.27. The number of carbonyl (C=O) groups excluding carboxylic acids is 1. The highest BCUT2D eigenvalue weighted by Gasteiger charge is 2.26. The quantitative estimate of drug-likeness (QED) is 0.877. The van der Waals surface area contributed by atoms with Gasteiger partial charge < -0.3 is 15.3 Å². The summed E-state index contributed by atoms with van der Waals surface area (Å²) in [7, 11) is 1.82. The summed E-state index contributed by atoms with van der Waals surface area (Å²) in [6, 6.07) is 7.49. The van der Waals surface area contributed by atoms with Crippen molar-refractivity contribution in [1.82, 2.24) is 4.90 Å². The van der Waals surface area contributed by atoms with E-state index < -0.39 is 0 Å². The summed E-state index contributed by atoms with van der Waals surface area (Å²) in [6.07, 6.45) is 4.13. The number of aliphatic hydroxyl groups is 1. The largest absolute Gasteiger partial charge is 0.394 e. The van der Waals surface area contributed by atoms with Crippen LogP contribution in [0.1, 0.15) is 36.0 Å². The van der Waals surface area contributed by atoms with E-state index in [1.165, 1.54) is 0 Å². The molecule has 1 aromatic carbocycles. The Labute approximate surface area is 114 Å². The molecule has 2 rings (SSSR count). The van der Waals surface area contributed by atoms with Gasteiger partial charge in [-0.2, -0.15) is 0 Å². The average molecular weight is 262 g/mol. The predicted molar refractivity (Wildman–Crippen MR) is 76.4 cm³/mol. The molecule has 0 bridgehead atoms. The van der Waals surface area contributed by atoms with E-state index in [1.54, 1.807) is 0 Å². The van der Waals surface area contributed by atoms with Crippen molar-refractivity contribution in [3.8, 4) is 0 Å². The zero-order valence-electron chi connectivity index (χ0n) is 11.4. The molecule has 1 unspecified atom stereocenters. The summed E-state index contributed by atoms with van der Waals surface area (Å²) in [4.78, 5) is 14.5. The van der Waals surface area contributed by atoms with Gasteiger partial charge in [0.05, 0.1) is 18.2 Å². The lowest BCUT2D eigenvalue weighted by Gasteiger charge is -2.29. The molecule has 0 aliphatic carbocycles. The summed E-state index contributed by atoms with van der Waals surface area (Å²) < 4.78 is 0. The van der Waals surface area contributed by atoms with Crippen LogP contribution in [0.3, 0.4) is 0 Å².